The molecule has 0 bridgehead atoms. The molecule has 0 saturated carbocycles. The summed E-state index contributed by atoms with van der Waals surface area (Å²) in [7, 11) is 0. The van der Waals surface area contributed by atoms with E-state index in [4.69, 9.17) is 9.47 Å². The van der Waals surface area contributed by atoms with E-state index in [1.54, 1.807) is 4.90 Å². The Kier molecular flexibility index (Phi) is 6.26. The van der Waals surface area contributed by atoms with Gasteiger partial charge in [0, 0.05) is 6.04 Å². The van der Waals surface area contributed by atoms with Crippen LogP contribution in [0.5, 0.6) is 0 Å². The van der Waals surface area contributed by atoms with E-state index in [9.17, 15) is 9.90 Å². The molecule has 0 spiro atoms. The molecule has 0 aromatic heterocycles. The Balaban J connectivity index is 1.58. The number of carbonyl (C=O) groups is 1. The topological polar surface area (TPSA) is 59.0 Å². The van der Waals surface area contributed by atoms with E-state index >= 15 is 0 Å². The summed E-state index contributed by atoms with van der Waals surface area (Å²) in [4.78, 5) is 14.2. The van der Waals surface area contributed by atoms with Crippen LogP contribution in [0.1, 0.15) is 24.5 Å². The molecule has 5 heteroatoms. The van der Waals surface area contributed by atoms with Crippen molar-refractivity contribution in [2.45, 2.75) is 44.7 Å². The second kappa shape index (κ2) is 8.83. The van der Waals surface area contributed by atoms with E-state index in [1.165, 1.54) is 0 Å². The fourth-order valence-electron chi connectivity index (χ4n) is 3.38. The number of carbonyl (C=O) groups excluding carboxylic acids is 1. The average Bonchev–Trinajstić information content (AvgIpc) is 3.01. The van der Waals surface area contributed by atoms with E-state index < -0.39 is 12.1 Å². The van der Waals surface area contributed by atoms with Crippen LogP contribution in [0.2, 0.25) is 0 Å². The summed E-state index contributed by atoms with van der Waals surface area (Å²) in [6.45, 7) is 2.49. The van der Waals surface area contributed by atoms with Gasteiger partial charge in [-0.25, -0.2) is 4.79 Å². The van der Waals surface area contributed by atoms with Crippen molar-refractivity contribution < 1.29 is 19.4 Å². The predicted octanol–water partition coefficient (Wildman–Crippen LogP) is 3.36. The lowest BCUT2D eigenvalue weighted by molar-refractivity contribution is -0.00495. The molecule has 26 heavy (non-hydrogen) atoms. The number of nitrogens with zero attached hydrogens (tertiary/aromatic N) is 1. The first-order valence-electron chi connectivity index (χ1n) is 8.94. The number of ether oxygens (including phenoxy) is 2. The van der Waals surface area contributed by atoms with E-state index in [1.807, 2.05) is 67.6 Å². The second-order valence-electron chi connectivity index (χ2n) is 6.62. The highest BCUT2D eigenvalue weighted by Gasteiger charge is 2.43. The minimum absolute atomic E-state index is 0.0452. The molecule has 1 aliphatic heterocycles. The Morgan fingerprint density at radius 3 is 2.19 bits per heavy atom. The van der Waals surface area contributed by atoms with Crippen LogP contribution in [-0.2, 0) is 22.7 Å². The van der Waals surface area contributed by atoms with Crippen LogP contribution < -0.4 is 0 Å². The van der Waals surface area contributed by atoms with Gasteiger partial charge in [0.2, 0.25) is 0 Å². The van der Waals surface area contributed by atoms with Gasteiger partial charge >= 0.3 is 6.09 Å². The first kappa shape index (κ1) is 18.4. The summed E-state index contributed by atoms with van der Waals surface area (Å²) in [5, 5.41) is 9.83. The maximum Gasteiger partial charge on any atom is 0.410 e. The van der Waals surface area contributed by atoms with Gasteiger partial charge in [0.05, 0.1) is 25.4 Å². The monoisotopic (exact) mass is 355 g/mol. The van der Waals surface area contributed by atoms with Crippen LogP contribution in [0.25, 0.3) is 0 Å². The van der Waals surface area contributed by atoms with Crippen LogP contribution in [0, 0.1) is 0 Å². The van der Waals surface area contributed by atoms with Crippen molar-refractivity contribution in [2.24, 2.45) is 0 Å². The summed E-state index contributed by atoms with van der Waals surface area (Å²) in [6, 6.07) is 19.0. The van der Waals surface area contributed by atoms with Crippen LogP contribution >= 0.6 is 0 Å². The van der Waals surface area contributed by atoms with E-state index in [2.05, 4.69) is 0 Å². The molecule has 1 saturated heterocycles. The molecular formula is C21H25NO4. The molecule has 3 rings (SSSR count). The van der Waals surface area contributed by atoms with Gasteiger partial charge in [0.25, 0.3) is 0 Å². The molecule has 2 aromatic carbocycles. The Hall–Kier alpha value is -2.37. The normalized spacial score (nSPS) is 22.4. The van der Waals surface area contributed by atoms with Crippen molar-refractivity contribution in [2.75, 3.05) is 6.61 Å². The molecule has 0 radical (unpaired) electrons. The smallest absolute Gasteiger partial charge is 0.410 e. The van der Waals surface area contributed by atoms with Crippen LogP contribution in [0.3, 0.4) is 0 Å². The highest BCUT2D eigenvalue weighted by molar-refractivity contribution is 5.69. The zero-order chi connectivity index (χ0) is 18.4. The summed E-state index contributed by atoms with van der Waals surface area (Å²) in [6.07, 6.45) is 0.0593. The zero-order valence-electron chi connectivity index (χ0n) is 15.0. The highest BCUT2D eigenvalue weighted by atomic mass is 16.6. The fraction of sp³-hybridized carbons (Fsp3) is 0.381. The summed E-state index contributed by atoms with van der Waals surface area (Å²) in [5.41, 5.74) is 2.01. The molecule has 1 amide bonds. The van der Waals surface area contributed by atoms with Gasteiger partial charge in [0.15, 0.2) is 0 Å². The van der Waals surface area contributed by atoms with Crippen molar-refractivity contribution in [3.63, 3.8) is 0 Å². The third kappa shape index (κ3) is 4.42. The molecule has 5 nitrogen and oxygen atoms in total. The number of likely N-dealkylation sites (tertiary alicyclic amines) is 1. The van der Waals surface area contributed by atoms with E-state index in [-0.39, 0.29) is 25.4 Å². The van der Waals surface area contributed by atoms with Crippen LogP contribution in [0.15, 0.2) is 60.7 Å². The maximum absolute atomic E-state index is 12.6. The quantitative estimate of drug-likeness (QED) is 0.863. The fourth-order valence-corrected chi connectivity index (χ4v) is 3.38. The lowest BCUT2D eigenvalue weighted by atomic mass is 10.1. The molecule has 1 aliphatic rings. The zero-order valence-corrected chi connectivity index (χ0v) is 15.0. The lowest BCUT2D eigenvalue weighted by Crippen LogP contribution is -2.45. The maximum atomic E-state index is 12.6. The third-order valence-electron chi connectivity index (χ3n) is 4.74. The number of amides is 1. The standard InChI is InChI=1S/C21H25NO4/c1-16-12-20(25-14-17-8-4-2-5-9-17)19(13-23)22(16)21(24)26-15-18-10-6-3-7-11-18/h2-11,16,19-20,23H,12-15H2,1H3/t16-,19?,20?/m1/s1. The van der Waals surface area contributed by atoms with Gasteiger partial charge in [-0.3, -0.25) is 4.90 Å². The van der Waals surface area contributed by atoms with Crippen molar-refractivity contribution in [1.29, 1.82) is 0 Å². The Morgan fingerprint density at radius 1 is 1.04 bits per heavy atom. The molecule has 138 valence electrons. The number of benzene rings is 2. The Labute approximate surface area is 154 Å². The number of aliphatic hydroxyl groups excluding tert-OH is 1. The molecule has 1 fully saturated rings. The first-order valence-corrected chi connectivity index (χ1v) is 8.94. The molecule has 2 unspecified atom stereocenters. The predicted molar refractivity (Wildman–Crippen MR) is 98.4 cm³/mol. The van der Waals surface area contributed by atoms with Crippen molar-refractivity contribution in [1.82, 2.24) is 4.90 Å². The molecule has 1 heterocycles. The van der Waals surface area contributed by atoms with Gasteiger partial charge in [0.1, 0.15) is 6.61 Å². The number of hydrogen-bond donors (Lipinski definition) is 1. The number of aliphatic hydroxyl groups is 1. The summed E-state index contributed by atoms with van der Waals surface area (Å²) >= 11 is 0. The molecule has 0 aliphatic carbocycles. The van der Waals surface area contributed by atoms with Gasteiger partial charge in [-0.1, -0.05) is 60.7 Å². The first-order chi connectivity index (χ1) is 12.7. The molecule has 3 atom stereocenters. The minimum Gasteiger partial charge on any atom is -0.445 e. The summed E-state index contributed by atoms with van der Waals surface area (Å²) in [5.74, 6) is 0. The number of rotatable bonds is 6. The Bertz CT molecular complexity index is 692. The van der Waals surface area contributed by atoms with Crippen molar-refractivity contribution >= 4 is 6.09 Å². The lowest BCUT2D eigenvalue weighted by Gasteiger charge is -2.28. The minimum atomic E-state index is -0.411. The largest absolute Gasteiger partial charge is 0.445 e. The average molecular weight is 355 g/mol. The molecular weight excluding hydrogens is 330 g/mol. The van der Waals surface area contributed by atoms with Gasteiger partial charge in [-0.15, -0.1) is 0 Å². The SMILES string of the molecule is C[C@@H]1CC(OCc2ccccc2)C(CO)N1C(=O)OCc1ccccc1. The molecule has 1 N–H and O–H groups in total. The van der Waals surface area contributed by atoms with Crippen molar-refractivity contribution in [3.05, 3.63) is 71.8 Å². The number of hydrogen-bond acceptors (Lipinski definition) is 4. The Morgan fingerprint density at radius 2 is 1.62 bits per heavy atom. The second-order valence-corrected chi connectivity index (χ2v) is 6.62. The van der Waals surface area contributed by atoms with Crippen LogP contribution in [0.4, 0.5) is 4.79 Å². The van der Waals surface area contributed by atoms with Crippen LogP contribution in [-0.4, -0.2) is 40.9 Å². The summed E-state index contributed by atoms with van der Waals surface area (Å²) < 4.78 is 11.4. The van der Waals surface area contributed by atoms with Crippen molar-refractivity contribution in [3.8, 4) is 0 Å². The van der Waals surface area contributed by atoms with E-state index in [0.29, 0.717) is 13.0 Å². The van der Waals surface area contributed by atoms with Gasteiger partial charge in [-0.2, -0.15) is 0 Å². The molecule has 2 aromatic rings. The van der Waals surface area contributed by atoms with Gasteiger partial charge < -0.3 is 14.6 Å². The van der Waals surface area contributed by atoms with Gasteiger partial charge in [-0.05, 0) is 24.5 Å². The van der Waals surface area contributed by atoms with E-state index in [0.717, 1.165) is 11.1 Å². The third-order valence-corrected chi connectivity index (χ3v) is 4.74. The highest BCUT2D eigenvalue weighted by Crippen LogP contribution is 2.28.